The van der Waals surface area contributed by atoms with Crippen molar-refractivity contribution in [3.05, 3.63) is 94.8 Å². The molecule has 30 heavy (non-hydrogen) atoms. The summed E-state index contributed by atoms with van der Waals surface area (Å²) in [5, 5.41) is 12.0. The monoisotopic (exact) mass is 414 g/mol. The van der Waals surface area contributed by atoms with Gasteiger partial charge in [0.15, 0.2) is 0 Å². The predicted octanol–water partition coefficient (Wildman–Crippen LogP) is 4.96. The zero-order valence-corrected chi connectivity index (χ0v) is 16.5. The molecule has 5 aromatic rings. The summed E-state index contributed by atoms with van der Waals surface area (Å²) >= 11 is 1.46. The molecule has 0 fully saturated rings. The van der Waals surface area contributed by atoms with Gasteiger partial charge in [-0.15, -0.1) is 10.2 Å². The summed E-state index contributed by atoms with van der Waals surface area (Å²) in [6.45, 7) is 0. The van der Waals surface area contributed by atoms with Gasteiger partial charge < -0.3 is 4.98 Å². The fraction of sp³-hybridized carbons (Fsp3) is 0.0435. The quantitative estimate of drug-likeness (QED) is 0.421. The van der Waals surface area contributed by atoms with Gasteiger partial charge in [-0.1, -0.05) is 48.2 Å². The first-order chi connectivity index (χ1) is 14.7. The van der Waals surface area contributed by atoms with Crippen LogP contribution in [0.5, 0.6) is 0 Å². The molecule has 0 unspecified atom stereocenters. The number of rotatable bonds is 4. The second kappa shape index (κ2) is 7.68. The van der Waals surface area contributed by atoms with Crippen molar-refractivity contribution in [2.75, 3.05) is 0 Å². The van der Waals surface area contributed by atoms with E-state index in [0.717, 1.165) is 21.4 Å². The predicted molar refractivity (Wildman–Crippen MR) is 117 cm³/mol. The van der Waals surface area contributed by atoms with Gasteiger partial charge in [0.05, 0.1) is 16.7 Å². The largest absolute Gasteiger partial charge is 0.309 e. The Bertz CT molecular complexity index is 1430. The number of halogens is 1. The van der Waals surface area contributed by atoms with Crippen LogP contribution in [0.15, 0.2) is 82.6 Å². The molecule has 0 aliphatic carbocycles. The van der Waals surface area contributed by atoms with Crippen molar-refractivity contribution in [3.63, 3.8) is 0 Å². The highest BCUT2D eigenvalue weighted by molar-refractivity contribution is 7.98. The van der Waals surface area contributed by atoms with Gasteiger partial charge in [-0.25, -0.2) is 9.37 Å². The summed E-state index contributed by atoms with van der Waals surface area (Å²) in [6, 6.07) is 21.3. The smallest absolute Gasteiger partial charge is 0.258 e. The molecule has 3 aromatic carbocycles. The van der Waals surface area contributed by atoms with Gasteiger partial charge in [-0.3, -0.25) is 4.79 Å². The fourth-order valence-corrected chi connectivity index (χ4v) is 4.19. The van der Waals surface area contributed by atoms with Crippen LogP contribution in [0.1, 0.15) is 5.82 Å². The van der Waals surface area contributed by atoms with Crippen molar-refractivity contribution in [1.82, 2.24) is 20.2 Å². The lowest BCUT2D eigenvalue weighted by Gasteiger charge is -2.09. The molecule has 0 aliphatic rings. The number of nitrogens with one attached hydrogen (secondary N) is 1. The lowest BCUT2D eigenvalue weighted by Crippen LogP contribution is -2.11. The number of thioether (sulfide) groups is 1. The number of benzene rings is 3. The van der Waals surface area contributed by atoms with E-state index in [0.29, 0.717) is 28.2 Å². The molecular weight excluding hydrogens is 399 g/mol. The average Bonchev–Trinajstić information content (AvgIpc) is 2.78. The van der Waals surface area contributed by atoms with Gasteiger partial charge in [0.2, 0.25) is 0 Å². The second-order valence-electron chi connectivity index (χ2n) is 6.72. The number of aromatic amines is 1. The molecule has 1 N–H and O–H groups in total. The van der Waals surface area contributed by atoms with Crippen LogP contribution in [0, 0.1) is 5.82 Å². The maximum absolute atomic E-state index is 13.3. The van der Waals surface area contributed by atoms with Crippen LogP contribution >= 0.6 is 11.8 Å². The maximum Gasteiger partial charge on any atom is 0.258 e. The van der Waals surface area contributed by atoms with Crippen LogP contribution in [0.25, 0.3) is 32.9 Å². The lowest BCUT2D eigenvalue weighted by molar-refractivity contribution is 0.628. The third-order valence-corrected chi connectivity index (χ3v) is 5.77. The Labute approximate surface area is 175 Å². The van der Waals surface area contributed by atoms with E-state index in [1.165, 1.54) is 23.9 Å². The van der Waals surface area contributed by atoms with Crippen LogP contribution < -0.4 is 5.56 Å². The van der Waals surface area contributed by atoms with E-state index >= 15 is 0 Å². The molecule has 146 valence electrons. The topological polar surface area (TPSA) is 71.5 Å². The van der Waals surface area contributed by atoms with Crippen LogP contribution in [0.2, 0.25) is 0 Å². The number of fused-ring (bicyclic) bond motifs is 2. The molecule has 5 nitrogen and oxygen atoms in total. The SMILES string of the molecule is O=c1[nH]c(CSc2nnc(-c3ccc(F)cc3)c3ccccc23)nc2ccccc12. The minimum absolute atomic E-state index is 0.154. The highest BCUT2D eigenvalue weighted by Gasteiger charge is 2.12. The number of para-hydroxylation sites is 1. The molecule has 0 atom stereocenters. The third-order valence-electron chi connectivity index (χ3n) is 4.78. The van der Waals surface area contributed by atoms with Gasteiger partial charge in [-0.05, 0) is 36.4 Å². The molecule has 0 spiro atoms. The maximum atomic E-state index is 13.3. The normalized spacial score (nSPS) is 11.2. The molecule has 0 radical (unpaired) electrons. The average molecular weight is 414 g/mol. The number of aromatic nitrogens is 4. The minimum atomic E-state index is -0.292. The van der Waals surface area contributed by atoms with Crippen molar-refractivity contribution in [3.8, 4) is 11.3 Å². The van der Waals surface area contributed by atoms with Gasteiger partial charge in [-0.2, -0.15) is 0 Å². The summed E-state index contributed by atoms with van der Waals surface area (Å²) in [5.74, 6) is 0.742. The zero-order chi connectivity index (χ0) is 20.5. The Morgan fingerprint density at radius 3 is 2.33 bits per heavy atom. The molecule has 0 amide bonds. The second-order valence-corrected chi connectivity index (χ2v) is 7.69. The first-order valence-electron chi connectivity index (χ1n) is 9.31. The van der Waals surface area contributed by atoms with Gasteiger partial charge in [0.1, 0.15) is 22.4 Å². The van der Waals surface area contributed by atoms with E-state index in [1.54, 1.807) is 18.2 Å². The standard InChI is InChI=1S/C23H15FN4OS/c24-15-11-9-14(10-12-15)21-16-5-1-2-6-17(16)23(28-27-21)30-13-20-25-19-8-4-3-7-18(19)22(29)26-20/h1-12H,13H2,(H,25,26,29). The van der Waals surface area contributed by atoms with Crippen molar-refractivity contribution < 1.29 is 4.39 Å². The molecular formula is C23H15FN4OS. The number of hydrogen-bond acceptors (Lipinski definition) is 5. The minimum Gasteiger partial charge on any atom is -0.309 e. The molecule has 0 saturated carbocycles. The van der Waals surface area contributed by atoms with Crippen molar-refractivity contribution in [1.29, 1.82) is 0 Å². The van der Waals surface area contributed by atoms with E-state index in [4.69, 9.17) is 0 Å². The molecule has 5 rings (SSSR count). The van der Waals surface area contributed by atoms with E-state index < -0.39 is 0 Å². The van der Waals surface area contributed by atoms with Crippen LogP contribution in [-0.4, -0.2) is 20.2 Å². The Balaban J connectivity index is 1.51. The lowest BCUT2D eigenvalue weighted by atomic mass is 10.1. The summed E-state index contributed by atoms with van der Waals surface area (Å²) in [5.41, 5.74) is 2.02. The molecule has 2 aromatic heterocycles. The summed E-state index contributed by atoms with van der Waals surface area (Å²) in [6.07, 6.45) is 0. The highest BCUT2D eigenvalue weighted by Crippen LogP contribution is 2.32. The molecule has 2 heterocycles. The number of nitrogens with zero attached hydrogens (tertiary/aromatic N) is 3. The Kier molecular flexibility index (Phi) is 4.72. The van der Waals surface area contributed by atoms with E-state index in [2.05, 4.69) is 20.2 Å². The molecule has 0 aliphatic heterocycles. The Morgan fingerprint density at radius 2 is 1.53 bits per heavy atom. The highest BCUT2D eigenvalue weighted by atomic mass is 32.2. The molecule has 7 heteroatoms. The van der Waals surface area contributed by atoms with Crippen LogP contribution in [-0.2, 0) is 5.75 Å². The summed E-state index contributed by atoms with van der Waals surface area (Å²) < 4.78 is 13.3. The first-order valence-corrected chi connectivity index (χ1v) is 10.3. The number of H-pyrrole nitrogens is 1. The fourth-order valence-electron chi connectivity index (χ4n) is 3.35. The number of hydrogen-bond donors (Lipinski definition) is 1. The Hall–Kier alpha value is -3.58. The molecule has 0 saturated heterocycles. The van der Waals surface area contributed by atoms with Gasteiger partial charge >= 0.3 is 0 Å². The van der Waals surface area contributed by atoms with Crippen molar-refractivity contribution in [2.45, 2.75) is 10.8 Å². The summed E-state index contributed by atoms with van der Waals surface area (Å²) in [7, 11) is 0. The van der Waals surface area contributed by atoms with Crippen molar-refractivity contribution >= 4 is 33.4 Å². The summed E-state index contributed by atoms with van der Waals surface area (Å²) in [4.78, 5) is 19.7. The van der Waals surface area contributed by atoms with E-state index in [-0.39, 0.29) is 11.4 Å². The third kappa shape index (κ3) is 3.44. The van der Waals surface area contributed by atoms with E-state index in [1.807, 2.05) is 42.5 Å². The zero-order valence-electron chi connectivity index (χ0n) is 15.7. The van der Waals surface area contributed by atoms with Crippen LogP contribution in [0.4, 0.5) is 4.39 Å². The molecule has 0 bridgehead atoms. The van der Waals surface area contributed by atoms with Crippen molar-refractivity contribution in [2.24, 2.45) is 0 Å². The van der Waals surface area contributed by atoms with E-state index in [9.17, 15) is 9.18 Å². The first kappa shape index (κ1) is 18.4. The van der Waals surface area contributed by atoms with Gasteiger partial charge in [0.25, 0.3) is 5.56 Å². The van der Waals surface area contributed by atoms with Crippen LogP contribution in [0.3, 0.4) is 0 Å². The Morgan fingerprint density at radius 1 is 0.833 bits per heavy atom. The van der Waals surface area contributed by atoms with Gasteiger partial charge in [0, 0.05) is 16.3 Å².